The van der Waals surface area contributed by atoms with Crippen LogP contribution < -0.4 is 16.4 Å². The standard InChI is InChI=1S/C19H26N6/c1-2-3-11-22-18-8-9-19-23-14-17(25(19)24-18)16-6-4-15(5-7-16)13-21-12-10-20/h4-9,14,21H,2-3,10-13,20H2,1H3,(H,22,24). The van der Waals surface area contributed by atoms with Crippen molar-refractivity contribution in [3.63, 3.8) is 0 Å². The van der Waals surface area contributed by atoms with Crippen molar-refractivity contribution in [3.8, 4) is 11.3 Å². The lowest BCUT2D eigenvalue weighted by Gasteiger charge is -2.07. The SMILES string of the molecule is CCCCNc1ccc2ncc(-c3ccc(CNCCN)cc3)n2n1. The van der Waals surface area contributed by atoms with Gasteiger partial charge in [0.1, 0.15) is 5.82 Å². The number of nitrogens with one attached hydrogen (secondary N) is 2. The van der Waals surface area contributed by atoms with Gasteiger partial charge in [-0.05, 0) is 24.1 Å². The van der Waals surface area contributed by atoms with Gasteiger partial charge in [-0.15, -0.1) is 5.10 Å². The van der Waals surface area contributed by atoms with Crippen LogP contribution in [-0.4, -0.2) is 34.2 Å². The van der Waals surface area contributed by atoms with Crippen molar-refractivity contribution in [2.24, 2.45) is 5.73 Å². The number of hydrogen-bond acceptors (Lipinski definition) is 5. The van der Waals surface area contributed by atoms with Gasteiger partial charge in [-0.3, -0.25) is 0 Å². The number of imidazole rings is 1. The highest BCUT2D eigenvalue weighted by Crippen LogP contribution is 2.21. The molecule has 3 aromatic rings. The second-order valence-electron chi connectivity index (χ2n) is 6.07. The van der Waals surface area contributed by atoms with E-state index < -0.39 is 0 Å². The summed E-state index contributed by atoms with van der Waals surface area (Å²) < 4.78 is 1.90. The predicted octanol–water partition coefficient (Wildman–Crippen LogP) is 2.66. The molecule has 6 nitrogen and oxygen atoms in total. The third-order valence-electron chi connectivity index (χ3n) is 4.10. The van der Waals surface area contributed by atoms with Crippen LogP contribution in [0.5, 0.6) is 0 Å². The molecule has 0 amide bonds. The normalized spacial score (nSPS) is 11.1. The highest BCUT2D eigenvalue weighted by atomic mass is 15.3. The second kappa shape index (κ2) is 8.60. The molecule has 4 N–H and O–H groups in total. The van der Waals surface area contributed by atoms with Gasteiger partial charge in [0.2, 0.25) is 0 Å². The molecule has 2 aromatic heterocycles. The Morgan fingerprint density at radius 1 is 1.08 bits per heavy atom. The Bertz CT molecular complexity index is 793. The zero-order valence-corrected chi connectivity index (χ0v) is 14.7. The van der Waals surface area contributed by atoms with Gasteiger partial charge in [-0.1, -0.05) is 37.6 Å². The number of hydrogen-bond donors (Lipinski definition) is 3. The van der Waals surface area contributed by atoms with Crippen molar-refractivity contribution in [1.29, 1.82) is 0 Å². The summed E-state index contributed by atoms with van der Waals surface area (Å²) in [5.41, 5.74) is 9.69. The predicted molar refractivity (Wildman–Crippen MR) is 103 cm³/mol. The van der Waals surface area contributed by atoms with E-state index in [1.54, 1.807) is 0 Å². The zero-order valence-electron chi connectivity index (χ0n) is 14.7. The van der Waals surface area contributed by atoms with Crippen molar-refractivity contribution in [2.45, 2.75) is 26.3 Å². The van der Waals surface area contributed by atoms with Crippen LogP contribution in [0.4, 0.5) is 5.82 Å². The molecule has 0 spiro atoms. The van der Waals surface area contributed by atoms with Crippen LogP contribution in [0.15, 0.2) is 42.6 Å². The first-order chi connectivity index (χ1) is 12.3. The van der Waals surface area contributed by atoms with Gasteiger partial charge in [0, 0.05) is 31.7 Å². The molecular weight excluding hydrogens is 312 g/mol. The summed E-state index contributed by atoms with van der Waals surface area (Å²) in [6.45, 7) is 5.42. The molecule has 0 unspecified atom stereocenters. The molecule has 0 aliphatic heterocycles. The van der Waals surface area contributed by atoms with Crippen LogP contribution in [-0.2, 0) is 6.54 Å². The van der Waals surface area contributed by atoms with E-state index >= 15 is 0 Å². The van der Waals surface area contributed by atoms with E-state index in [9.17, 15) is 0 Å². The molecule has 0 saturated carbocycles. The Labute approximate surface area is 148 Å². The number of nitrogens with zero attached hydrogens (tertiary/aromatic N) is 3. The topological polar surface area (TPSA) is 80.3 Å². The molecule has 0 saturated heterocycles. The smallest absolute Gasteiger partial charge is 0.154 e. The highest BCUT2D eigenvalue weighted by Gasteiger charge is 2.08. The number of fused-ring (bicyclic) bond motifs is 1. The Balaban J connectivity index is 1.79. The van der Waals surface area contributed by atoms with Crippen molar-refractivity contribution >= 4 is 11.5 Å². The number of anilines is 1. The average molecular weight is 338 g/mol. The number of nitrogens with two attached hydrogens (primary N) is 1. The maximum atomic E-state index is 5.50. The maximum Gasteiger partial charge on any atom is 0.154 e. The number of benzene rings is 1. The molecule has 6 heteroatoms. The lowest BCUT2D eigenvalue weighted by Crippen LogP contribution is -2.21. The van der Waals surface area contributed by atoms with Gasteiger partial charge < -0.3 is 16.4 Å². The largest absolute Gasteiger partial charge is 0.369 e. The molecule has 0 aliphatic rings. The molecule has 132 valence electrons. The molecule has 0 aliphatic carbocycles. The van der Waals surface area contributed by atoms with E-state index in [4.69, 9.17) is 5.73 Å². The van der Waals surface area contributed by atoms with Crippen molar-refractivity contribution in [3.05, 3.63) is 48.2 Å². The summed E-state index contributed by atoms with van der Waals surface area (Å²) in [5.74, 6) is 0.878. The summed E-state index contributed by atoms with van der Waals surface area (Å²) >= 11 is 0. The summed E-state index contributed by atoms with van der Waals surface area (Å²) in [7, 11) is 0. The van der Waals surface area contributed by atoms with Gasteiger partial charge in [-0.25, -0.2) is 9.50 Å². The van der Waals surface area contributed by atoms with Crippen molar-refractivity contribution < 1.29 is 0 Å². The van der Waals surface area contributed by atoms with Crippen LogP contribution in [0.3, 0.4) is 0 Å². The minimum Gasteiger partial charge on any atom is -0.369 e. The van der Waals surface area contributed by atoms with E-state index in [1.165, 1.54) is 5.56 Å². The third-order valence-corrected chi connectivity index (χ3v) is 4.10. The molecule has 0 bridgehead atoms. The maximum absolute atomic E-state index is 5.50. The van der Waals surface area contributed by atoms with Gasteiger partial charge in [-0.2, -0.15) is 0 Å². The molecule has 3 rings (SSSR count). The number of aromatic nitrogens is 3. The molecule has 2 heterocycles. The molecule has 0 radical (unpaired) electrons. The average Bonchev–Trinajstić information content (AvgIpc) is 3.06. The van der Waals surface area contributed by atoms with Crippen LogP contribution >= 0.6 is 0 Å². The Morgan fingerprint density at radius 3 is 2.68 bits per heavy atom. The van der Waals surface area contributed by atoms with Crippen LogP contribution in [0.2, 0.25) is 0 Å². The van der Waals surface area contributed by atoms with Crippen LogP contribution in [0, 0.1) is 0 Å². The summed E-state index contributed by atoms with van der Waals surface area (Å²) in [4.78, 5) is 4.46. The monoisotopic (exact) mass is 338 g/mol. The molecule has 1 aromatic carbocycles. The Kier molecular flexibility index (Phi) is 5.98. The molecular formula is C19H26N6. The van der Waals surface area contributed by atoms with E-state index in [-0.39, 0.29) is 0 Å². The van der Waals surface area contributed by atoms with Crippen molar-refractivity contribution in [2.75, 3.05) is 25.0 Å². The first kappa shape index (κ1) is 17.4. The van der Waals surface area contributed by atoms with E-state index in [2.05, 4.69) is 51.9 Å². The summed E-state index contributed by atoms with van der Waals surface area (Å²) in [6.07, 6.45) is 4.17. The van der Waals surface area contributed by atoms with Gasteiger partial charge >= 0.3 is 0 Å². The Hall–Kier alpha value is -2.44. The summed E-state index contributed by atoms with van der Waals surface area (Å²) in [6, 6.07) is 12.5. The van der Waals surface area contributed by atoms with Gasteiger partial charge in [0.15, 0.2) is 5.65 Å². The molecule has 0 atom stereocenters. The van der Waals surface area contributed by atoms with E-state index in [0.717, 1.165) is 55.2 Å². The highest BCUT2D eigenvalue weighted by molar-refractivity contribution is 5.63. The fourth-order valence-electron chi connectivity index (χ4n) is 2.69. The third kappa shape index (κ3) is 4.35. The van der Waals surface area contributed by atoms with E-state index in [0.29, 0.717) is 6.54 Å². The first-order valence-electron chi connectivity index (χ1n) is 8.90. The lowest BCUT2D eigenvalue weighted by molar-refractivity contribution is 0.695. The first-order valence-corrected chi connectivity index (χ1v) is 8.90. The summed E-state index contributed by atoms with van der Waals surface area (Å²) in [5, 5.41) is 11.4. The second-order valence-corrected chi connectivity index (χ2v) is 6.07. The fourth-order valence-corrected chi connectivity index (χ4v) is 2.69. The number of unbranched alkanes of at least 4 members (excludes halogenated alkanes) is 1. The van der Waals surface area contributed by atoms with Crippen LogP contribution in [0.25, 0.3) is 16.9 Å². The molecule has 0 fully saturated rings. The quantitative estimate of drug-likeness (QED) is 0.523. The minimum atomic E-state index is 0.653. The molecule has 25 heavy (non-hydrogen) atoms. The lowest BCUT2D eigenvalue weighted by atomic mass is 10.1. The van der Waals surface area contributed by atoms with Gasteiger partial charge in [0.25, 0.3) is 0 Å². The van der Waals surface area contributed by atoms with Gasteiger partial charge in [0.05, 0.1) is 11.9 Å². The fraction of sp³-hybridized carbons (Fsp3) is 0.368. The van der Waals surface area contributed by atoms with Crippen LogP contribution in [0.1, 0.15) is 25.3 Å². The Morgan fingerprint density at radius 2 is 1.92 bits per heavy atom. The zero-order chi connectivity index (χ0) is 17.5. The minimum absolute atomic E-state index is 0.653. The number of rotatable bonds is 9. The van der Waals surface area contributed by atoms with Crippen molar-refractivity contribution in [1.82, 2.24) is 19.9 Å². The van der Waals surface area contributed by atoms with E-state index in [1.807, 2.05) is 22.8 Å².